The molecule has 17 heavy (non-hydrogen) atoms. The highest BCUT2D eigenvalue weighted by atomic mass is 19.3. The molecular weight excluding hydrogens is 230 g/mol. The molecule has 0 saturated heterocycles. The number of nitrogens with one attached hydrogen (secondary N) is 2. The van der Waals surface area contributed by atoms with Gasteiger partial charge in [-0.1, -0.05) is 0 Å². The van der Waals surface area contributed by atoms with Gasteiger partial charge in [-0.25, -0.2) is 8.78 Å². The molecule has 4 nitrogen and oxygen atoms in total. The van der Waals surface area contributed by atoms with Gasteiger partial charge in [-0.05, 0) is 20.8 Å². The second kappa shape index (κ2) is 8.36. The van der Waals surface area contributed by atoms with Gasteiger partial charge in [0.25, 0.3) is 6.43 Å². The molecule has 0 unspecified atom stereocenters. The molecule has 0 rings (SSSR count). The number of hydrogen-bond donors (Lipinski definition) is 2. The summed E-state index contributed by atoms with van der Waals surface area (Å²) < 4.78 is 28.0. The number of alkyl halides is 2. The van der Waals surface area contributed by atoms with Crippen LogP contribution in [-0.4, -0.2) is 44.2 Å². The average Bonchev–Trinajstić information content (AvgIpc) is 2.14. The molecule has 0 heterocycles. The Morgan fingerprint density at radius 1 is 1.29 bits per heavy atom. The second-order valence-corrected chi connectivity index (χ2v) is 4.74. The molecule has 0 aromatic rings. The number of halogens is 2. The first kappa shape index (κ1) is 16.2. The van der Waals surface area contributed by atoms with Gasteiger partial charge in [0.2, 0.25) is 5.91 Å². The molecule has 1 amide bonds. The number of hydrogen-bond acceptors (Lipinski definition) is 3. The first-order valence-electron chi connectivity index (χ1n) is 5.69. The summed E-state index contributed by atoms with van der Waals surface area (Å²) in [4.78, 5) is 11.3. The lowest BCUT2D eigenvalue weighted by Crippen LogP contribution is -2.39. The molecule has 0 radical (unpaired) electrons. The zero-order valence-corrected chi connectivity index (χ0v) is 10.7. The minimum absolute atomic E-state index is 0.0132. The van der Waals surface area contributed by atoms with Crippen LogP contribution in [0.4, 0.5) is 8.78 Å². The fraction of sp³-hybridized carbons (Fsp3) is 0.909. The number of carbonyl (C=O) groups is 1. The van der Waals surface area contributed by atoms with Gasteiger partial charge in [0.05, 0.1) is 6.61 Å². The standard InChI is InChI=1S/C11H22F2N2O2/c1-11(2,3)15-5-4-10(16)14-6-7-17-8-9(12)13/h9,15H,4-8H2,1-3H3,(H,14,16). The van der Waals surface area contributed by atoms with Crippen LogP contribution in [0.5, 0.6) is 0 Å². The molecule has 2 N–H and O–H groups in total. The van der Waals surface area contributed by atoms with E-state index in [1.54, 1.807) is 0 Å². The molecule has 0 aliphatic carbocycles. The Morgan fingerprint density at radius 2 is 1.94 bits per heavy atom. The predicted octanol–water partition coefficient (Wildman–Crippen LogP) is 1.16. The SMILES string of the molecule is CC(C)(C)NCCC(=O)NCCOCC(F)F. The van der Waals surface area contributed by atoms with Crippen molar-refractivity contribution in [2.45, 2.75) is 39.2 Å². The lowest BCUT2D eigenvalue weighted by atomic mass is 10.1. The van der Waals surface area contributed by atoms with Crippen molar-refractivity contribution in [3.63, 3.8) is 0 Å². The molecule has 0 aromatic carbocycles. The summed E-state index contributed by atoms with van der Waals surface area (Å²) in [7, 11) is 0. The molecular formula is C11H22F2N2O2. The Kier molecular flexibility index (Phi) is 7.99. The topological polar surface area (TPSA) is 50.4 Å². The maximum atomic E-state index is 11.7. The van der Waals surface area contributed by atoms with Crippen LogP contribution in [0, 0.1) is 0 Å². The number of ether oxygens (including phenoxy) is 1. The van der Waals surface area contributed by atoms with Crippen molar-refractivity contribution in [3.05, 3.63) is 0 Å². The van der Waals surface area contributed by atoms with Crippen LogP contribution in [0.1, 0.15) is 27.2 Å². The maximum Gasteiger partial charge on any atom is 0.261 e. The quantitative estimate of drug-likeness (QED) is 0.637. The Hall–Kier alpha value is -0.750. The van der Waals surface area contributed by atoms with E-state index in [0.29, 0.717) is 13.0 Å². The first-order valence-corrected chi connectivity index (χ1v) is 5.69. The van der Waals surface area contributed by atoms with E-state index >= 15 is 0 Å². The highest BCUT2D eigenvalue weighted by Gasteiger charge is 2.09. The summed E-state index contributed by atoms with van der Waals surface area (Å²) in [5, 5.41) is 5.77. The monoisotopic (exact) mass is 252 g/mol. The number of amides is 1. The van der Waals surface area contributed by atoms with E-state index < -0.39 is 13.0 Å². The van der Waals surface area contributed by atoms with Crippen LogP contribution >= 0.6 is 0 Å². The lowest BCUT2D eigenvalue weighted by Gasteiger charge is -2.20. The van der Waals surface area contributed by atoms with Crippen molar-refractivity contribution in [2.75, 3.05) is 26.3 Å². The Morgan fingerprint density at radius 3 is 2.47 bits per heavy atom. The zero-order chi connectivity index (χ0) is 13.3. The summed E-state index contributed by atoms with van der Waals surface area (Å²) in [5.41, 5.74) is -0.0132. The van der Waals surface area contributed by atoms with Crippen molar-refractivity contribution in [1.82, 2.24) is 10.6 Å². The van der Waals surface area contributed by atoms with Gasteiger partial charge in [0, 0.05) is 25.0 Å². The third-order valence-electron chi connectivity index (χ3n) is 1.82. The van der Waals surface area contributed by atoms with Crippen LogP contribution in [0.25, 0.3) is 0 Å². The van der Waals surface area contributed by atoms with Gasteiger partial charge >= 0.3 is 0 Å². The molecule has 0 aromatic heterocycles. The highest BCUT2D eigenvalue weighted by molar-refractivity contribution is 5.76. The molecule has 0 fully saturated rings. The summed E-state index contributed by atoms with van der Waals surface area (Å²) in [6.07, 6.45) is -2.09. The third-order valence-corrected chi connectivity index (χ3v) is 1.82. The van der Waals surface area contributed by atoms with Gasteiger partial charge in [0.1, 0.15) is 6.61 Å². The Labute approximate surface area is 101 Å². The van der Waals surface area contributed by atoms with Crippen molar-refractivity contribution in [2.24, 2.45) is 0 Å². The number of carbonyl (C=O) groups excluding carboxylic acids is 1. The van der Waals surface area contributed by atoms with E-state index in [0.717, 1.165) is 0 Å². The van der Waals surface area contributed by atoms with Gasteiger partial charge < -0.3 is 15.4 Å². The largest absolute Gasteiger partial charge is 0.374 e. The first-order chi connectivity index (χ1) is 7.81. The molecule has 0 spiro atoms. The average molecular weight is 252 g/mol. The smallest absolute Gasteiger partial charge is 0.261 e. The minimum atomic E-state index is -2.46. The summed E-state index contributed by atoms with van der Waals surface area (Å²) in [5.74, 6) is -0.109. The van der Waals surface area contributed by atoms with Crippen molar-refractivity contribution in [1.29, 1.82) is 0 Å². The molecule has 6 heteroatoms. The van der Waals surface area contributed by atoms with E-state index in [-0.39, 0.29) is 24.6 Å². The van der Waals surface area contributed by atoms with E-state index in [4.69, 9.17) is 0 Å². The molecule has 0 atom stereocenters. The normalized spacial score (nSPS) is 11.9. The molecule has 102 valence electrons. The Bertz CT molecular complexity index is 218. The summed E-state index contributed by atoms with van der Waals surface area (Å²) in [6.45, 7) is 6.44. The minimum Gasteiger partial charge on any atom is -0.374 e. The fourth-order valence-electron chi connectivity index (χ4n) is 1.07. The van der Waals surface area contributed by atoms with Crippen LogP contribution in [0.3, 0.4) is 0 Å². The van der Waals surface area contributed by atoms with E-state index in [1.807, 2.05) is 20.8 Å². The molecule has 0 aliphatic rings. The highest BCUT2D eigenvalue weighted by Crippen LogP contribution is 1.97. The van der Waals surface area contributed by atoms with Gasteiger partial charge in [-0.3, -0.25) is 4.79 Å². The van der Waals surface area contributed by atoms with Crippen LogP contribution in [0.2, 0.25) is 0 Å². The maximum absolute atomic E-state index is 11.7. The van der Waals surface area contributed by atoms with Crippen LogP contribution in [-0.2, 0) is 9.53 Å². The predicted molar refractivity (Wildman–Crippen MR) is 62.2 cm³/mol. The summed E-state index contributed by atoms with van der Waals surface area (Å²) in [6, 6.07) is 0. The molecule has 0 aliphatic heterocycles. The van der Waals surface area contributed by atoms with Crippen LogP contribution in [0.15, 0.2) is 0 Å². The van der Waals surface area contributed by atoms with E-state index in [2.05, 4.69) is 15.4 Å². The van der Waals surface area contributed by atoms with Gasteiger partial charge in [0.15, 0.2) is 0 Å². The zero-order valence-electron chi connectivity index (χ0n) is 10.7. The molecule has 0 bridgehead atoms. The van der Waals surface area contributed by atoms with Crippen molar-refractivity contribution >= 4 is 5.91 Å². The van der Waals surface area contributed by atoms with Crippen molar-refractivity contribution in [3.8, 4) is 0 Å². The number of rotatable bonds is 8. The van der Waals surface area contributed by atoms with E-state index in [1.165, 1.54) is 0 Å². The second-order valence-electron chi connectivity index (χ2n) is 4.74. The van der Waals surface area contributed by atoms with Crippen molar-refractivity contribution < 1.29 is 18.3 Å². The third kappa shape index (κ3) is 13.2. The Balaban J connectivity index is 3.35. The van der Waals surface area contributed by atoms with Crippen LogP contribution < -0.4 is 10.6 Å². The molecule has 0 saturated carbocycles. The lowest BCUT2D eigenvalue weighted by molar-refractivity contribution is -0.121. The van der Waals surface area contributed by atoms with E-state index in [9.17, 15) is 13.6 Å². The van der Waals surface area contributed by atoms with Gasteiger partial charge in [-0.15, -0.1) is 0 Å². The van der Waals surface area contributed by atoms with Gasteiger partial charge in [-0.2, -0.15) is 0 Å². The fourth-order valence-corrected chi connectivity index (χ4v) is 1.07. The summed E-state index contributed by atoms with van der Waals surface area (Å²) >= 11 is 0.